The lowest BCUT2D eigenvalue weighted by atomic mass is 10.2. The van der Waals surface area contributed by atoms with E-state index < -0.39 is 0 Å². The van der Waals surface area contributed by atoms with Crippen LogP contribution in [0.1, 0.15) is 26.0 Å². The summed E-state index contributed by atoms with van der Waals surface area (Å²) in [5.74, 6) is 0.843. The summed E-state index contributed by atoms with van der Waals surface area (Å²) in [5, 5.41) is 6.69. The maximum absolute atomic E-state index is 4.60. The van der Waals surface area contributed by atoms with Gasteiger partial charge in [-0.3, -0.25) is 4.98 Å². The molecule has 0 bridgehead atoms. The third-order valence-electron chi connectivity index (χ3n) is 3.87. The number of pyridine rings is 1. The second-order valence-corrected chi connectivity index (χ2v) is 5.71. The van der Waals surface area contributed by atoms with Crippen molar-refractivity contribution in [2.75, 3.05) is 31.1 Å². The van der Waals surface area contributed by atoms with Gasteiger partial charge in [0, 0.05) is 38.1 Å². The van der Waals surface area contributed by atoms with Crippen molar-refractivity contribution in [1.29, 1.82) is 0 Å². The van der Waals surface area contributed by atoms with E-state index in [1.807, 2.05) is 18.2 Å². The third kappa shape index (κ3) is 8.03. The summed E-state index contributed by atoms with van der Waals surface area (Å²) in [4.78, 5) is 11.3. The van der Waals surface area contributed by atoms with E-state index in [1.54, 1.807) is 6.20 Å². The molecule has 1 aromatic heterocycles. The van der Waals surface area contributed by atoms with Crippen LogP contribution in [0.4, 0.5) is 5.69 Å². The predicted molar refractivity (Wildman–Crippen MR) is 121 cm³/mol. The second-order valence-electron chi connectivity index (χ2n) is 5.71. The van der Waals surface area contributed by atoms with Crippen molar-refractivity contribution in [2.45, 2.75) is 26.8 Å². The first kappa shape index (κ1) is 22.2. The molecule has 0 atom stereocenters. The van der Waals surface area contributed by atoms with E-state index in [0.717, 1.165) is 44.3 Å². The van der Waals surface area contributed by atoms with Crippen molar-refractivity contribution in [3.8, 4) is 0 Å². The van der Waals surface area contributed by atoms with Gasteiger partial charge in [0.05, 0.1) is 12.2 Å². The van der Waals surface area contributed by atoms with Gasteiger partial charge in [-0.25, -0.2) is 4.99 Å². The summed E-state index contributed by atoms with van der Waals surface area (Å²) in [7, 11) is 0. The summed E-state index contributed by atoms with van der Waals surface area (Å²) in [5.41, 5.74) is 2.25. The number of halogens is 1. The number of rotatable bonds is 9. The number of hydrogen-bond acceptors (Lipinski definition) is 3. The molecule has 0 aliphatic carbocycles. The van der Waals surface area contributed by atoms with Crippen LogP contribution in [0.15, 0.2) is 59.7 Å². The molecule has 0 aliphatic rings. The molecular formula is C20H30IN5. The molecule has 1 aromatic carbocycles. The molecule has 2 N–H and O–H groups in total. The van der Waals surface area contributed by atoms with Gasteiger partial charge in [-0.15, -0.1) is 24.0 Å². The largest absolute Gasteiger partial charge is 0.372 e. The van der Waals surface area contributed by atoms with E-state index in [1.165, 1.54) is 5.69 Å². The Kier molecular flexibility index (Phi) is 11.4. The molecule has 0 aliphatic heterocycles. The molecule has 1 heterocycles. The van der Waals surface area contributed by atoms with Crippen LogP contribution in [0.3, 0.4) is 0 Å². The zero-order chi connectivity index (χ0) is 17.7. The Balaban J connectivity index is 0.00000338. The number of para-hydroxylation sites is 1. The van der Waals surface area contributed by atoms with Gasteiger partial charge < -0.3 is 15.5 Å². The topological polar surface area (TPSA) is 52.6 Å². The number of benzene rings is 1. The maximum atomic E-state index is 4.60. The minimum atomic E-state index is 0. The Morgan fingerprint density at radius 3 is 2.46 bits per heavy atom. The predicted octanol–water partition coefficient (Wildman–Crippen LogP) is 3.67. The molecule has 2 aromatic rings. The van der Waals surface area contributed by atoms with Gasteiger partial charge >= 0.3 is 0 Å². The lowest BCUT2D eigenvalue weighted by molar-refractivity contribution is 0.709. The number of aromatic nitrogens is 1. The highest BCUT2D eigenvalue weighted by Crippen LogP contribution is 2.12. The van der Waals surface area contributed by atoms with Gasteiger partial charge in [-0.05, 0) is 44.5 Å². The number of guanidine groups is 1. The Morgan fingerprint density at radius 2 is 1.81 bits per heavy atom. The number of hydrogen-bond donors (Lipinski definition) is 2. The monoisotopic (exact) mass is 467 g/mol. The van der Waals surface area contributed by atoms with Gasteiger partial charge in [0.1, 0.15) is 0 Å². The van der Waals surface area contributed by atoms with E-state index in [2.05, 4.69) is 69.7 Å². The Morgan fingerprint density at radius 1 is 1.04 bits per heavy atom. The minimum Gasteiger partial charge on any atom is -0.372 e. The van der Waals surface area contributed by atoms with Gasteiger partial charge in [0.25, 0.3) is 0 Å². The normalized spacial score (nSPS) is 10.8. The van der Waals surface area contributed by atoms with Crippen LogP contribution < -0.4 is 15.5 Å². The minimum absolute atomic E-state index is 0. The van der Waals surface area contributed by atoms with Crippen LogP contribution in [0.2, 0.25) is 0 Å². The van der Waals surface area contributed by atoms with Gasteiger partial charge in [0.2, 0.25) is 0 Å². The first-order chi connectivity index (χ1) is 12.3. The summed E-state index contributed by atoms with van der Waals surface area (Å²) >= 11 is 0. The zero-order valence-corrected chi connectivity index (χ0v) is 18.0. The van der Waals surface area contributed by atoms with Gasteiger partial charge in [0.15, 0.2) is 5.96 Å². The molecule has 0 radical (unpaired) electrons. The van der Waals surface area contributed by atoms with Crippen LogP contribution in [-0.4, -0.2) is 37.1 Å². The first-order valence-electron chi connectivity index (χ1n) is 9.05. The van der Waals surface area contributed by atoms with Crippen molar-refractivity contribution < 1.29 is 0 Å². The highest BCUT2D eigenvalue weighted by atomic mass is 127. The molecule has 0 saturated heterocycles. The molecule has 5 nitrogen and oxygen atoms in total. The molecular weight excluding hydrogens is 437 g/mol. The zero-order valence-electron chi connectivity index (χ0n) is 15.7. The van der Waals surface area contributed by atoms with Gasteiger partial charge in [-0.2, -0.15) is 0 Å². The van der Waals surface area contributed by atoms with Crippen LogP contribution in [0.5, 0.6) is 0 Å². The summed E-state index contributed by atoms with van der Waals surface area (Å²) < 4.78 is 0. The van der Waals surface area contributed by atoms with E-state index in [0.29, 0.717) is 6.54 Å². The Labute approximate surface area is 174 Å². The van der Waals surface area contributed by atoms with Crippen LogP contribution in [0.25, 0.3) is 0 Å². The highest BCUT2D eigenvalue weighted by molar-refractivity contribution is 14.0. The number of nitrogens with zero attached hydrogens (tertiary/aromatic N) is 3. The fourth-order valence-corrected chi connectivity index (χ4v) is 2.58. The quantitative estimate of drug-likeness (QED) is 0.256. The Hall–Kier alpha value is -1.83. The van der Waals surface area contributed by atoms with Crippen molar-refractivity contribution >= 4 is 35.6 Å². The molecule has 26 heavy (non-hydrogen) atoms. The maximum Gasteiger partial charge on any atom is 0.191 e. The molecule has 6 heteroatoms. The van der Waals surface area contributed by atoms with Crippen molar-refractivity contribution in [3.63, 3.8) is 0 Å². The summed E-state index contributed by atoms with van der Waals surface area (Å²) in [6.45, 7) is 8.62. The smallest absolute Gasteiger partial charge is 0.191 e. The molecule has 0 fully saturated rings. The number of nitrogens with one attached hydrogen (secondary N) is 2. The fourth-order valence-electron chi connectivity index (χ4n) is 2.58. The average molecular weight is 467 g/mol. The third-order valence-corrected chi connectivity index (χ3v) is 3.87. The van der Waals surface area contributed by atoms with Crippen molar-refractivity contribution in [3.05, 3.63) is 60.4 Å². The number of aliphatic imine (C=N–C) groups is 1. The first-order valence-corrected chi connectivity index (χ1v) is 9.05. The second kappa shape index (κ2) is 13.4. The average Bonchev–Trinajstić information content (AvgIpc) is 2.67. The molecule has 2 rings (SSSR count). The fraction of sp³-hybridized carbons (Fsp3) is 0.400. The molecule has 0 unspecified atom stereocenters. The Bertz CT molecular complexity index is 619. The highest BCUT2D eigenvalue weighted by Gasteiger charge is 2.03. The molecule has 142 valence electrons. The van der Waals surface area contributed by atoms with E-state index in [4.69, 9.17) is 0 Å². The van der Waals surface area contributed by atoms with Crippen molar-refractivity contribution in [2.24, 2.45) is 4.99 Å². The van der Waals surface area contributed by atoms with Gasteiger partial charge in [-0.1, -0.05) is 24.3 Å². The number of anilines is 1. The lowest BCUT2D eigenvalue weighted by Gasteiger charge is -2.23. The van der Waals surface area contributed by atoms with E-state index >= 15 is 0 Å². The van der Waals surface area contributed by atoms with E-state index in [-0.39, 0.29) is 24.0 Å². The lowest BCUT2D eigenvalue weighted by Crippen LogP contribution is -2.38. The molecule has 0 amide bonds. The van der Waals surface area contributed by atoms with Crippen molar-refractivity contribution in [1.82, 2.24) is 15.6 Å². The van der Waals surface area contributed by atoms with Crippen LogP contribution >= 0.6 is 24.0 Å². The standard InChI is InChI=1S/C20H29N5.HI/c1-3-21-20(24-17-18-11-8-9-14-22-18)23-15-10-16-25(4-2)19-12-6-5-7-13-19;/h5-9,11-14H,3-4,10,15-17H2,1-2H3,(H2,21,23,24);1H. The molecule has 0 spiro atoms. The SMILES string of the molecule is CCNC(=NCc1ccccn1)NCCCN(CC)c1ccccc1.I. The summed E-state index contributed by atoms with van der Waals surface area (Å²) in [6, 6.07) is 16.5. The van der Waals surface area contributed by atoms with Crippen LogP contribution in [-0.2, 0) is 6.54 Å². The van der Waals surface area contributed by atoms with E-state index in [9.17, 15) is 0 Å². The molecule has 0 saturated carbocycles. The summed E-state index contributed by atoms with van der Waals surface area (Å²) in [6.07, 6.45) is 2.85. The van der Waals surface area contributed by atoms with Crippen LogP contribution in [0, 0.1) is 0 Å².